The molecule has 1 unspecified atom stereocenters. The van der Waals surface area contributed by atoms with Gasteiger partial charge in [-0.15, -0.1) is 0 Å². The first-order chi connectivity index (χ1) is 13.6. The Bertz CT molecular complexity index is 807. The number of carbonyl (C=O) groups is 3. The zero-order valence-electron chi connectivity index (χ0n) is 15.2. The Morgan fingerprint density at radius 2 is 2.00 bits per heavy atom. The molecule has 8 heteroatoms. The number of pyridine rings is 1. The number of benzene rings is 1. The van der Waals surface area contributed by atoms with Crippen LogP contribution in [0.15, 0.2) is 54.9 Å². The molecule has 0 spiro atoms. The van der Waals surface area contributed by atoms with E-state index in [-0.39, 0.29) is 6.61 Å². The van der Waals surface area contributed by atoms with Crippen molar-refractivity contribution in [3.63, 3.8) is 0 Å². The van der Waals surface area contributed by atoms with Crippen molar-refractivity contribution in [1.29, 1.82) is 0 Å². The van der Waals surface area contributed by atoms with Crippen LogP contribution in [0.1, 0.15) is 30.0 Å². The van der Waals surface area contributed by atoms with Crippen LogP contribution in [0.25, 0.3) is 0 Å². The topological polar surface area (TPSA) is 107 Å². The number of hydrogen-bond donors (Lipinski definition) is 2. The number of ether oxygens (including phenoxy) is 2. The van der Waals surface area contributed by atoms with Crippen molar-refractivity contribution in [3.8, 4) is 0 Å². The van der Waals surface area contributed by atoms with Crippen molar-refractivity contribution in [3.05, 3.63) is 66.0 Å². The summed E-state index contributed by atoms with van der Waals surface area (Å²) in [6, 6.07) is 10.6. The van der Waals surface area contributed by atoms with E-state index >= 15 is 0 Å². The van der Waals surface area contributed by atoms with Crippen LogP contribution in [0.4, 0.5) is 4.79 Å². The van der Waals surface area contributed by atoms with Crippen molar-refractivity contribution < 1.29 is 23.9 Å². The van der Waals surface area contributed by atoms with E-state index in [1.165, 1.54) is 12.4 Å². The molecule has 1 fully saturated rings. The molecule has 2 aromatic rings. The molecule has 146 valence electrons. The minimum atomic E-state index is -1.21. The summed E-state index contributed by atoms with van der Waals surface area (Å²) < 4.78 is 10.1. The number of rotatable bonds is 6. The second kappa shape index (κ2) is 9.61. The van der Waals surface area contributed by atoms with Crippen molar-refractivity contribution in [2.75, 3.05) is 6.54 Å². The molecule has 1 aromatic carbocycles. The fraction of sp³-hybridized carbons (Fsp3) is 0.300. The van der Waals surface area contributed by atoms with E-state index in [9.17, 15) is 14.4 Å². The third kappa shape index (κ3) is 5.37. The molecule has 2 heterocycles. The molecule has 2 N–H and O–H groups in total. The maximum Gasteiger partial charge on any atom is 0.408 e. The predicted octanol–water partition coefficient (Wildman–Crippen LogP) is 1.87. The molecule has 1 aliphatic rings. The van der Waals surface area contributed by atoms with E-state index in [4.69, 9.17) is 9.47 Å². The second-order valence-corrected chi connectivity index (χ2v) is 6.31. The van der Waals surface area contributed by atoms with E-state index in [0.29, 0.717) is 18.5 Å². The van der Waals surface area contributed by atoms with Crippen LogP contribution in [0.5, 0.6) is 0 Å². The lowest BCUT2D eigenvalue weighted by Crippen LogP contribution is -2.39. The monoisotopic (exact) mass is 383 g/mol. The highest BCUT2D eigenvalue weighted by atomic mass is 16.6. The van der Waals surface area contributed by atoms with E-state index in [2.05, 4.69) is 15.6 Å². The molecule has 0 bridgehead atoms. The number of amides is 1. The molecular formula is C20H21N3O5. The normalized spacial score (nSPS) is 16.8. The van der Waals surface area contributed by atoms with Gasteiger partial charge in [0.25, 0.3) is 0 Å². The molecule has 0 radical (unpaired) electrons. The van der Waals surface area contributed by atoms with Crippen molar-refractivity contribution in [2.24, 2.45) is 0 Å². The van der Waals surface area contributed by atoms with Gasteiger partial charge < -0.3 is 20.1 Å². The van der Waals surface area contributed by atoms with Crippen LogP contribution in [-0.2, 0) is 25.7 Å². The Morgan fingerprint density at radius 1 is 1.18 bits per heavy atom. The Balaban J connectivity index is 1.64. The van der Waals surface area contributed by atoms with Gasteiger partial charge in [0.1, 0.15) is 12.6 Å². The quantitative estimate of drug-likeness (QED) is 0.579. The Hall–Kier alpha value is -3.26. The van der Waals surface area contributed by atoms with Gasteiger partial charge in [-0.1, -0.05) is 36.4 Å². The first-order valence-corrected chi connectivity index (χ1v) is 8.99. The first kappa shape index (κ1) is 19.5. The largest absolute Gasteiger partial charge is 0.445 e. The van der Waals surface area contributed by atoms with Crippen molar-refractivity contribution >= 4 is 18.0 Å². The maximum atomic E-state index is 12.6. The highest BCUT2D eigenvalue weighted by Gasteiger charge is 2.31. The molecule has 3 rings (SSSR count). The lowest BCUT2D eigenvalue weighted by Gasteiger charge is -2.18. The molecule has 2 atom stereocenters. The molecule has 28 heavy (non-hydrogen) atoms. The summed E-state index contributed by atoms with van der Waals surface area (Å²) >= 11 is 0. The fourth-order valence-corrected chi connectivity index (χ4v) is 2.82. The molecule has 1 aromatic heterocycles. The Labute approximate surface area is 162 Å². The van der Waals surface area contributed by atoms with Crippen LogP contribution in [0, 0.1) is 0 Å². The van der Waals surface area contributed by atoms with Gasteiger partial charge in [0.15, 0.2) is 6.04 Å². The summed E-state index contributed by atoms with van der Waals surface area (Å²) in [5, 5.41) is 5.42. The lowest BCUT2D eigenvalue weighted by atomic mass is 10.1. The molecule has 1 aliphatic heterocycles. The van der Waals surface area contributed by atoms with Gasteiger partial charge in [-0.2, -0.15) is 0 Å². The van der Waals surface area contributed by atoms with E-state index in [1.807, 2.05) is 30.3 Å². The van der Waals surface area contributed by atoms with Crippen LogP contribution < -0.4 is 10.6 Å². The second-order valence-electron chi connectivity index (χ2n) is 6.31. The minimum Gasteiger partial charge on any atom is -0.445 e. The third-order valence-electron chi connectivity index (χ3n) is 4.27. The molecule has 1 saturated heterocycles. The van der Waals surface area contributed by atoms with Crippen molar-refractivity contribution in [1.82, 2.24) is 15.6 Å². The van der Waals surface area contributed by atoms with E-state index < -0.39 is 30.1 Å². The molecule has 8 nitrogen and oxygen atoms in total. The van der Waals surface area contributed by atoms with Crippen LogP contribution >= 0.6 is 0 Å². The number of carbonyl (C=O) groups excluding carboxylic acids is 3. The number of alkyl carbamates (subject to hydrolysis) is 1. The summed E-state index contributed by atoms with van der Waals surface area (Å²) in [6.07, 6.45) is 3.59. The van der Waals surface area contributed by atoms with Crippen LogP contribution in [-0.4, -0.2) is 35.6 Å². The summed E-state index contributed by atoms with van der Waals surface area (Å²) in [5.74, 6) is -1.54. The lowest BCUT2D eigenvalue weighted by molar-refractivity contribution is -0.162. The summed E-state index contributed by atoms with van der Waals surface area (Å²) in [5.41, 5.74) is 1.19. The Morgan fingerprint density at radius 3 is 2.68 bits per heavy atom. The first-order valence-electron chi connectivity index (χ1n) is 8.99. The van der Waals surface area contributed by atoms with Crippen LogP contribution in [0.2, 0.25) is 0 Å². The highest BCUT2D eigenvalue weighted by molar-refractivity contribution is 5.93. The standard InChI is InChI=1S/C20H21N3O5/c24-18(16-9-5-11-22-16)28-19(25)17(15-8-4-10-21-12-15)23-20(26)27-13-14-6-2-1-3-7-14/h1-4,6-8,10,12,16-17,22H,5,9,11,13H2,(H,23,26)/t16-,17?/m0/s1. The smallest absolute Gasteiger partial charge is 0.408 e. The SMILES string of the molecule is O=C(NC(C(=O)OC(=O)[C@@H]1CCCN1)c1cccnc1)OCc1ccccc1. The molecule has 0 aliphatic carbocycles. The van der Waals surface area contributed by atoms with Gasteiger partial charge in [0.05, 0.1) is 0 Å². The van der Waals surface area contributed by atoms with Gasteiger partial charge >= 0.3 is 18.0 Å². The van der Waals surface area contributed by atoms with Gasteiger partial charge in [-0.25, -0.2) is 14.4 Å². The minimum absolute atomic E-state index is 0.0480. The fourth-order valence-electron chi connectivity index (χ4n) is 2.82. The van der Waals surface area contributed by atoms with Gasteiger partial charge in [-0.05, 0) is 31.0 Å². The predicted molar refractivity (Wildman–Crippen MR) is 98.9 cm³/mol. The van der Waals surface area contributed by atoms with Crippen LogP contribution in [0.3, 0.4) is 0 Å². The molecule has 0 saturated carbocycles. The Kier molecular flexibility index (Phi) is 6.69. The number of esters is 2. The molecular weight excluding hydrogens is 362 g/mol. The van der Waals surface area contributed by atoms with Gasteiger partial charge in [0.2, 0.25) is 0 Å². The number of nitrogens with zero attached hydrogens (tertiary/aromatic N) is 1. The summed E-state index contributed by atoms with van der Waals surface area (Å²) in [4.78, 5) is 40.8. The van der Waals surface area contributed by atoms with Gasteiger partial charge in [0, 0.05) is 18.0 Å². The molecule has 1 amide bonds. The number of nitrogens with one attached hydrogen (secondary N) is 2. The number of aromatic nitrogens is 1. The average Bonchev–Trinajstić information content (AvgIpc) is 3.27. The highest BCUT2D eigenvalue weighted by Crippen LogP contribution is 2.16. The number of hydrogen-bond acceptors (Lipinski definition) is 7. The van der Waals surface area contributed by atoms with E-state index in [1.54, 1.807) is 12.1 Å². The average molecular weight is 383 g/mol. The summed E-state index contributed by atoms with van der Waals surface area (Å²) in [6.45, 7) is 0.746. The zero-order chi connectivity index (χ0) is 19.8. The third-order valence-corrected chi connectivity index (χ3v) is 4.27. The van der Waals surface area contributed by atoms with E-state index in [0.717, 1.165) is 12.0 Å². The summed E-state index contributed by atoms with van der Waals surface area (Å²) in [7, 11) is 0. The zero-order valence-corrected chi connectivity index (χ0v) is 15.2. The van der Waals surface area contributed by atoms with Gasteiger partial charge in [-0.3, -0.25) is 4.98 Å². The van der Waals surface area contributed by atoms with Crippen molar-refractivity contribution in [2.45, 2.75) is 31.5 Å². The maximum absolute atomic E-state index is 12.6.